The predicted octanol–water partition coefficient (Wildman–Crippen LogP) is 4.15. The van der Waals surface area contributed by atoms with E-state index in [1.54, 1.807) is 0 Å². The van der Waals surface area contributed by atoms with Crippen LogP contribution in [-0.4, -0.2) is 28.0 Å². The van der Waals surface area contributed by atoms with Crippen LogP contribution in [0.25, 0.3) is 0 Å². The molecule has 3 nitrogen and oxygen atoms in total. The zero-order chi connectivity index (χ0) is 20.4. The average Bonchev–Trinajstić information content (AvgIpc) is 2.69. The molecule has 0 saturated heterocycles. The molecule has 2 aromatic rings. The van der Waals surface area contributed by atoms with Gasteiger partial charge in [0, 0.05) is 6.61 Å². The average molecular weight is 397 g/mol. The van der Waals surface area contributed by atoms with Crippen LogP contribution in [0.5, 0.6) is 0 Å². The van der Waals surface area contributed by atoms with Gasteiger partial charge in [-0.05, 0) is 41.1 Å². The zero-order valence-electron chi connectivity index (χ0n) is 17.7. The normalized spacial score (nSPS) is 22.4. The smallest absolute Gasteiger partial charge is 0.311 e. The molecular formula is C24H32O3Si. The van der Waals surface area contributed by atoms with Gasteiger partial charge in [-0.25, -0.2) is 0 Å². The van der Waals surface area contributed by atoms with Crippen LogP contribution < -0.4 is 10.4 Å². The highest BCUT2D eigenvalue weighted by molar-refractivity contribution is 6.99. The summed E-state index contributed by atoms with van der Waals surface area (Å²) in [4.78, 5) is 12.3. The molecule has 0 heterocycles. The van der Waals surface area contributed by atoms with E-state index in [0.29, 0.717) is 6.61 Å². The number of methoxy groups -OCH3 is 1. The summed E-state index contributed by atoms with van der Waals surface area (Å²) >= 11 is 0. The minimum absolute atomic E-state index is 0.0544. The van der Waals surface area contributed by atoms with Crippen LogP contribution in [0.4, 0.5) is 0 Å². The van der Waals surface area contributed by atoms with E-state index in [1.165, 1.54) is 17.5 Å². The molecule has 0 unspecified atom stereocenters. The van der Waals surface area contributed by atoms with Crippen molar-refractivity contribution in [3.63, 3.8) is 0 Å². The Morgan fingerprint density at radius 2 is 1.54 bits per heavy atom. The Kier molecular flexibility index (Phi) is 5.83. The number of esters is 1. The van der Waals surface area contributed by atoms with Crippen LogP contribution in [-0.2, 0) is 14.0 Å². The van der Waals surface area contributed by atoms with Gasteiger partial charge in [-0.1, -0.05) is 81.4 Å². The van der Waals surface area contributed by atoms with Crippen LogP contribution in [0.15, 0.2) is 60.7 Å². The molecule has 0 spiro atoms. The first kappa shape index (κ1) is 20.8. The lowest BCUT2D eigenvalue weighted by atomic mass is 9.61. The minimum Gasteiger partial charge on any atom is -0.469 e. The van der Waals surface area contributed by atoms with E-state index < -0.39 is 13.7 Å². The second kappa shape index (κ2) is 7.84. The summed E-state index contributed by atoms with van der Waals surface area (Å²) in [6.45, 7) is 9.43. The van der Waals surface area contributed by atoms with E-state index in [0.717, 1.165) is 12.8 Å². The summed E-state index contributed by atoms with van der Waals surface area (Å²) in [6.07, 6.45) is 1.87. The first-order chi connectivity index (χ1) is 13.3. The van der Waals surface area contributed by atoms with Gasteiger partial charge in [-0.3, -0.25) is 4.79 Å². The Labute approximate surface area is 170 Å². The Morgan fingerprint density at radius 1 is 1.04 bits per heavy atom. The maximum atomic E-state index is 12.3. The number of rotatable bonds is 6. The quantitative estimate of drug-likeness (QED) is 0.543. The van der Waals surface area contributed by atoms with Crippen LogP contribution in [0.3, 0.4) is 0 Å². The fourth-order valence-electron chi connectivity index (χ4n) is 4.54. The first-order valence-corrected chi connectivity index (χ1v) is 12.0. The van der Waals surface area contributed by atoms with Gasteiger partial charge in [0.2, 0.25) is 0 Å². The highest BCUT2D eigenvalue weighted by Gasteiger charge is 2.54. The van der Waals surface area contributed by atoms with Crippen molar-refractivity contribution in [1.29, 1.82) is 0 Å². The van der Waals surface area contributed by atoms with E-state index in [4.69, 9.17) is 9.16 Å². The van der Waals surface area contributed by atoms with Crippen molar-refractivity contribution in [3.8, 4) is 0 Å². The second-order valence-corrected chi connectivity index (χ2v) is 13.4. The van der Waals surface area contributed by atoms with E-state index in [2.05, 4.69) is 81.4 Å². The van der Waals surface area contributed by atoms with Crippen molar-refractivity contribution in [1.82, 2.24) is 0 Å². The third kappa shape index (κ3) is 3.44. The molecular weight excluding hydrogens is 364 g/mol. The third-order valence-electron chi connectivity index (χ3n) is 6.48. The summed E-state index contributed by atoms with van der Waals surface area (Å²) in [5, 5.41) is 2.49. The molecule has 1 saturated carbocycles. The number of hydrogen-bond acceptors (Lipinski definition) is 3. The molecule has 150 valence electrons. The van der Waals surface area contributed by atoms with Crippen LogP contribution in [0.2, 0.25) is 5.04 Å². The molecule has 0 radical (unpaired) electrons. The fourth-order valence-corrected chi connectivity index (χ4v) is 9.14. The van der Waals surface area contributed by atoms with Crippen molar-refractivity contribution >= 4 is 24.7 Å². The molecule has 4 heteroatoms. The molecule has 0 aliphatic heterocycles. The van der Waals surface area contributed by atoms with Crippen LogP contribution >= 0.6 is 0 Å². The van der Waals surface area contributed by atoms with Gasteiger partial charge >= 0.3 is 5.97 Å². The second-order valence-electron chi connectivity index (χ2n) is 9.12. The topological polar surface area (TPSA) is 35.5 Å². The number of ether oxygens (including phenoxy) is 1. The van der Waals surface area contributed by atoms with Crippen molar-refractivity contribution in [2.45, 2.75) is 45.6 Å². The van der Waals surface area contributed by atoms with Crippen molar-refractivity contribution in [3.05, 3.63) is 60.7 Å². The highest BCUT2D eigenvalue weighted by atomic mass is 28.4. The zero-order valence-corrected chi connectivity index (χ0v) is 18.7. The summed E-state index contributed by atoms with van der Waals surface area (Å²) < 4.78 is 12.1. The molecule has 0 bridgehead atoms. The number of carbonyl (C=O) groups excluding carboxylic acids is 1. The molecule has 1 aliphatic rings. The Morgan fingerprint density at radius 3 is 1.89 bits per heavy atom. The van der Waals surface area contributed by atoms with Gasteiger partial charge in [-0.2, -0.15) is 0 Å². The van der Waals surface area contributed by atoms with E-state index >= 15 is 0 Å². The molecule has 0 aromatic heterocycles. The van der Waals surface area contributed by atoms with Crippen LogP contribution in [0.1, 0.15) is 40.5 Å². The van der Waals surface area contributed by atoms with Gasteiger partial charge in [0.05, 0.1) is 12.5 Å². The molecule has 28 heavy (non-hydrogen) atoms. The maximum Gasteiger partial charge on any atom is 0.311 e. The Hall–Kier alpha value is -1.91. The largest absolute Gasteiger partial charge is 0.469 e. The number of benzene rings is 2. The summed E-state index contributed by atoms with van der Waals surface area (Å²) in [5.41, 5.74) is -0.430. The molecule has 0 N–H and O–H groups in total. The lowest BCUT2D eigenvalue weighted by Crippen LogP contribution is -2.67. The third-order valence-corrected chi connectivity index (χ3v) is 11.5. The molecule has 1 fully saturated rings. The van der Waals surface area contributed by atoms with Gasteiger partial charge in [0.15, 0.2) is 0 Å². The lowest BCUT2D eigenvalue weighted by molar-refractivity contribution is -0.164. The molecule has 0 amide bonds. The monoisotopic (exact) mass is 396 g/mol. The van der Waals surface area contributed by atoms with Crippen molar-refractivity contribution in [2.75, 3.05) is 13.7 Å². The minimum atomic E-state index is -2.55. The van der Waals surface area contributed by atoms with Crippen molar-refractivity contribution in [2.24, 2.45) is 11.3 Å². The molecule has 1 aliphatic carbocycles. The van der Waals surface area contributed by atoms with Crippen molar-refractivity contribution < 1.29 is 14.0 Å². The Balaban J connectivity index is 2.01. The molecule has 2 aromatic carbocycles. The van der Waals surface area contributed by atoms with E-state index in [1.807, 2.05) is 6.92 Å². The Bertz CT molecular complexity index is 758. The lowest BCUT2D eigenvalue weighted by Gasteiger charge is -2.48. The fraction of sp³-hybridized carbons (Fsp3) is 0.458. The number of carbonyl (C=O) groups is 1. The van der Waals surface area contributed by atoms with Gasteiger partial charge in [0.1, 0.15) is 0 Å². The van der Waals surface area contributed by atoms with Gasteiger partial charge < -0.3 is 9.16 Å². The van der Waals surface area contributed by atoms with Crippen LogP contribution in [0, 0.1) is 11.3 Å². The maximum absolute atomic E-state index is 12.3. The SMILES string of the molecule is COC(=O)[C@]1(C)CC[C@H]1CO[Si](c1ccccc1)(c1ccccc1)C(C)(C)C. The number of hydrogen-bond donors (Lipinski definition) is 0. The van der Waals surface area contributed by atoms with E-state index in [-0.39, 0.29) is 16.9 Å². The first-order valence-electron chi connectivity index (χ1n) is 10.1. The van der Waals surface area contributed by atoms with Gasteiger partial charge in [-0.15, -0.1) is 0 Å². The van der Waals surface area contributed by atoms with E-state index in [9.17, 15) is 4.79 Å². The molecule has 3 rings (SSSR count). The summed E-state index contributed by atoms with van der Waals surface area (Å²) in [7, 11) is -1.08. The predicted molar refractivity (Wildman–Crippen MR) is 116 cm³/mol. The molecule has 2 atom stereocenters. The highest BCUT2D eigenvalue weighted by Crippen LogP contribution is 2.48. The standard InChI is InChI=1S/C24H32O3Si/c1-23(2,3)28(20-12-8-6-9-13-20,21-14-10-7-11-15-21)27-18-19-16-17-24(19,4)22(25)26-5/h6-15,19H,16-18H2,1-5H3/t19-,24+/m0/s1. The summed E-state index contributed by atoms with van der Waals surface area (Å²) in [6, 6.07) is 21.3. The van der Waals surface area contributed by atoms with Gasteiger partial charge in [0.25, 0.3) is 8.32 Å². The summed E-state index contributed by atoms with van der Waals surface area (Å²) in [5.74, 6) is 0.0800.